The first-order valence-electron chi connectivity index (χ1n) is 11.2. The Labute approximate surface area is 190 Å². The molecule has 4 rings (SSSR count). The Morgan fingerprint density at radius 2 is 1.90 bits per heavy atom. The number of aliphatic imine (C=N–C) groups is 1. The zero-order chi connectivity index (χ0) is 22.3. The molecule has 1 aromatic carbocycles. The number of ether oxygens (including phenoxy) is 1. The normalized spacial score (nSPS) is 30.5. The van der Waals surface area contributed by atoms with Crippen molar-refractivity contribution in [3.63, 3.8) is 0 Å². The number of fused-ring (bicyclic) bond motifs is 1. The number of nitrogens with zero attached hydrogens (tertiary/aromatic N) is 2. The van der Waals surface area contributed by atoms with Crippen LogP contribution in [0.25, 0.3) is 11.1 Å². The largest absolute Gasteiger partial charge is 0.387 e. The molecule has 1 unspecified atom stereocenters. The van der Waals surface area contributed by atoms with Gasteiger partial charge in [0.15, 0.2) is 0 Å². The van der Waals surface area contributed by atoms with E-state index in [0.717, 1.165) is 61.6 Å². The third kappa shape index (κ3) is 3.88. The van der Waals surface area contributed by atoms with Crippen molar-refractivity contribution in [3.05, 3.63) is 52.8 Å². The molecule has 1 spiro atoms. The monoisotopic (exact) mass is 440 g/mol. The summed E-state index contributed by atoms with van der Waals surface area (Å²) in [6.45, 7) is 4.30. The van der Waals surface area contributed by atoms with Crippen LogP contribution < -0.4 is 11.5 Å². The molecular formula is C25H33ClN4O. The minimum absolute atomic E-state index is 0.1000. The maximum Gasteiger partial charge on any atom is 0.142 e. The summed E-state index contributed by atoms with van der Waals surface area (Å²) >= 11 is 6.19. The highest BCUT2D eigenvalue weighted by atomic mass is 35.5. The van der Waals surface area contributed by atoms with Crippen LogP contribution >= 0.6 is 11.6 Å². The summed E-state index contributed by atoms with van der Waals surface area (Å²) < 4.78 is 5.81. The molecular weight excluding hydrogens is 408 g/mol. The molecule has 0 saturated heterocycles. The minimum atomic E-state index is -0.849. The Morgan fingerprint density at radius 1 is 1.16 bits per heavy atom. The van der Waals surface area contributed by atoms with Gasteiger partial charge >= 0.3 is 0 Å². The van der Waals surface area contributed by atoms with Crippen molar-refractivity contribution < 1.29 is 4.74 Å². The second-order valence-corrected chi connectivity index (χ2v) is 9.93. The number of halogens is 1. The van der Waals surface area contributed by atoms with Crippen molar-refractivity contribution in [2.75, 3.05) is 7.11 Å². The predicted molar refractivity (Wildman–Crippen MR) is 127 cm³/mol. The van der Waals surface area contributed by atoms with Gasteiger partial charge in [-0.3, -0.25) is 4.98 Å². The maximum atomic E-state index is 7.27. The highest BCUT2D eigenvalue weighted by Crippen LogP contribution is 2.59. The average Bonchev–Trinajstić information content (AvgIpc) is 2.98. The highest BCUT2D eigenvalue weighted by molar-refractivity contribution is 6.30. The number of methoxy groups -OCH3 is 1. The van der Waals surface area contributed by atoms with E-state index in [4.69, 9.17) is 32.8 Å². The summed E-state index contributed by atoms with van der Waals surface area (Å²) in [5.41, 5.74) is 16.9. The van der Waals surface area contributed by atoms with Crippen LogP contribution in [0.1, 0.15) is 63.5 Å². The standard InChI is InChI=1S/C25H33ClN4O/c1-4-5-22(27)30-25(28)21-13-17(19-12-20(26)16-29-15-19)6-7-18(21)14-24(25)10-8-23(2,31-3)9-11-24/h6-7,12-13,15-16H,4-5,8-11,14,28H2,1-3H3,(H2,27,30). The van der Waals surface area contributed by atoms with Crippen LogP contribution in [0, 0.1) is 5.41 Å². The average molecular weight is 441 g/mol. The number of hydrogen-bond donors (Lipinski definition) is 2. The molecule has 1 aromatic heterocycles. The van der Waals surface area contributed by atoms with E-state index < -0.39 is 5.66 Å². The predicted octanol–water partition coefficient (Wildman–Crippen LogP) is 5.19. The summed E-state index contributed by atoms with van der Waals surface area (Å²) in [6.07, 6.45) is 9.92. The van der Waals surface area contributed by atoms with E-state index in [1.165, 1.54) is 5.56 Å². The second kappa shape index (κ2) is 8.19. The molecule has 1 saturated carbocycles. The van der Waals surface area contributed by atoms with E-state index in [0.29, 0.717) is 10.9 Å². The Hall–Kier alpha value is -1.95. The fraction of sp³-hybridized carbons (Fsp3) is 0.520. The van der Waals surface area contributed by atoms with E-state index in [-0.39, 0.29) is 11.0 Å². The second-order valence-electron chi connectivity index (χ2n) is 9.49. The molecule has 1 fully saturated rings. The van der Waals surface area contributed by atoms with E-state index in [1.807, 2.05) is 12.3 Å². The first-order valence-corrected chi connectivity index (χ1v) is 11.5. The molecule has 5 nitrogen and oxygen atoms in total. The number of amidine groups is 1. The van der Waals surface area contributed by atoms with Gasteiger partial charge in [0.05, 0.1) is 16.5 Å². The minimum Gasteiger partial charge on any atom is -0.387 e. The number of benzene rings is 1. The Kier molecular flexibility index (Phi) is 5.88. The lowest BCUT2D eigenvalue weighted by Gasteiger charge is -2.48. The molecule has 2 aliphatic carbocycles. The van der Waals surface area contributed by atoms with Gasteiger partial charge in [0, 0.05) is 36.9 Å². The molecule has 0 aliphatic heterocycles. The molecule has 4 N–H and O–H groups in total. The Morgan fingerprint density at radius 3 is 2.55 bits per heavy atom. The van der Waals surface area contributed by atoms with Crippen molar-refractivity contribution in [3.8, 4) is 11.1 Å². The topological polar surface area (TPSA) is 86.5 Å². The third-order valence-electron chi connectivity index (χ3n) is 7.48. The Bertz CT molecular complexity index is 997. The molecule has 0 radical (unpaired) electrons. The molecule has 0 amide bonds. The van der Waals surface area contributed by atoms with Crippen LogP contribution in [0.4, 0.5) is 0 Å². The lowest BCUT2D eigenvalue weighted by molar-refractivity contribution is -0.0687. The van der Waals surface area contributed by atoms with Crippen molar-refractivity contribution >= 4 is 17.4 Å². The van der Waals surface area contributed by atoms with Gasteiger partial charge in [-0.2, -0.15) is 0 Å². The molecule has 2 aromatic rings. The number of hydrogen-bond acceptors (Lipinski definition) is 4. The lowest BCUT2D eigenvalue weighted by atomic mass is 9.63. The van der Waals surface area contributed by atoms with Gasteiger partial charge in [0.2, 0.25) is 0 Å². The van der Waals surface area contributed by atoms with Crippen LogP contribution in [-0.2, 0) is 16.8 Å². The van der Waals surface area contributed by atoms with Crippen molar-refractivity contribution in [2.24, 2.45) is 21.9 Å². The van der Waals surface area contributed by atoms with Crippen LogP contribution in [0.15, 0.2) is 41.7 Å². The van der Waals surface area contributed by atoms with E-state index >= 15 is 0 Å². The molecule has 31 heavy (non-hydrogen) atoms. The first kappa shape index (κ1) is 22.3. The number of pyridine rings is 1. The van der Waals surface area contributed by atoms with Crippen LogP contribution in [0.3, 0.4) is 0 Å². The summed E-state index contributed by atoms with van der Waals surface area (Å²) in [5.74, 6) is 0.632. The van der Waals surface area contributed by atoms with E-state index in [9.17, 15) is 0 Å². The van der Waals surface area contributed by atoms with Crippen molar-refractivity contribution in [1.82, 2.24) is 4.98 Å². The van der Waals surface area contributed by atoms with E-state index in [1.54, 1.807) is 13.3 Å². The molecule has 2 aliphatic rings. The zero-order valence-electron chi connectivity index (χ0n) is 18.7. The van der Waals surface area contributed by atoms with Gasteiger partial charge in [-0.1, -0.05) is 30.7 Å². The van der Waals surface area contributed by atoms with E-state index in [2.05, 4.69) is 37.0 Å². The van der Waals surface area contributed by atoms with Gasteiger partial charge in [-0.05, 0) is 74.3 Å². The summed E-state index contributed by atoms with van der Waals surface area (Å²) in [4.78, 5) is 9.28. The lowest BCUT2D eigenvalue weighted by Crippen LogP contribution is -2.53. The molecule has 166 valence electrons. The molecule has 1 atom stereocenters. The summed E-state index contributed by atoms with van der Waals surface area (Å²) in [7, 11) is 1.81. The third-order valence-corrected chi connectivity index (χ3v) is 7.69. The van der Waals surface area contributed by atoms with Gasteiger partial charge in [-0.25, -0.2) is 4.99 Å². The maximum absolute atomic E-state index is 7.27. The van der Waals surface area contributed by atoms with Gasteiger partial charge in [0.1, 0.15) is 5.66 Å². The number of aromatic nitrogens is 1. The number of rotatable bonds is 5. The highest BCUT2D eigenvalue weighted by Gasteiger charge is 2.58. The fourth-order valence-corrected chi connectivity index (χ4v) is 5.53. The summed E-state index contributed by atoms with van der Waals surface area (Å²) in [5, 5.41) is 0.616. The fourth-order valence-electron chi connectivity index (χ4n) is 5.36. The van der Waals surface area contributed by atoms with Crippen molar-refractivity contribution in [1.29, 1.82) is 0 Å². The SMILES string of the molecule is CCCC(N)=NC1(N)c2cc(-c3cncc(Cl)c3)ccc2CC12CCC(C)(OC)CC2. The quantitative estimate of drug-likeness (QED) is 0.494. The van der Waals surface area contributed by atoms with Crippen LogP contribution in [0.2, 0.25) is 5.02 Å². The van der Waals surface area contributed by atoms with Crippen molar-refractivity contribution in [2.45, 2.75) is 70.1 Å². The van der Waals surface area contributed by atoms with Gasteiger partial charge in [0.25, 0.3) is 0 Å². The van der Waals surface area contributed by atoms with Crippen LogP contribution in [-0.4, -0.2) is 23.5 Å². The zero-order valence-corrected chi connectivity index (χ0v) is 19.5. The van der Waals surface area contributed by atoms with Crippen LogP contribution in [0.5, 0.6) is 0 Å². The molecule has 1 heterocycles. The smallest absolute Gasteiger partial charge is 0.142 e. The summed E-state index contributed by atoms with van der Waals surface area (Å²) in [6, 6.07) is 8.42. The molecule has 0 bridgehead atoms. The molecule has 6 heteroatoms. The van der Waals surface area contributed by atoms with Gasteiger partial charge < -0.3 is 16.2 Å². The Balaban J connectivity index is 1.81. The van der Waals surface area contributed by atoms with Gasteiger partial charge in [-0.15, -0.1) is 0 Å². The first-order chi connectivity index (χ1) is 14.7. The number of nitrogens with two attached hydrogens (primary N) is 2.